The van der Waals surface area contributed by atoms with Gasteiger partial charge in [0.25, 0.3) is 0 Å². The Kier molecular flexibility index (Phi) is 8.74. The summed E-state index contributed by atoms with van der Waals surface area (Å²) in [7, 11) is 0. The lowest BCUT2D eigenvalue weighted by molar-refractivity contribution is 0.315. The molecule has 4 rings (SSSR count). The molecule has 1 aromatic heterocycles. The summed E-state index contributed by atoms with van der Waals surface area (Å²) in [5, 5.41) is 1.98. The number of nitrogens with zero attached hydrogens (tertiary/aromatic N) is 1. The Labute approximate surface area is 206 Å². The molecule has 2 aromatic carbocycles. The summed E-state index contributed by atoms with van der Waals surface area (Å²) in [5.41, 5.74) is 6.58. The first-order valence-electron chi connectivity index (χ1n) is 12.3. The quantitative estimate of drug-likeness (QED) is 0.195. The molecular weight excluding hydrogens is 446 g/mol. The summed E-state index contributed by atoms with van der Waals surface area (Å²) in [5.74, 6) is 2.10. The van der Waals surface area contributed by atoms with Gasteiger partial charge in [-0.1, -0.05) is 37.7 Å². The van der Waals surface area contributed by atoms with Crippen LogP contribution < -0.4 is 9.47 Å². The highest BCUT2D eigenvalue weighted by atomic mass is 32.2. The standard InChI is InChI=1S/C28H35NO2S2/c1-4-9-22-18-23(27-29-25(5-2)28(33-27)30-6-3)13-15-26(22)31-16-8-17-32-24-14-12-20-10-7-11-21(20)19-24/h12-15,18-19H,4-11,16-17H2,1-3H3. The van der Waals surface area contributed by atoms with Gasteiger partial charge in [-0.05, 0) is 92.5 Å². The first-order valence-corrected chi connectivity index (χ1v) is 14.1. The van der Waals surface area contributed by atoms with Gasteiger partial charge in [0.1, 0.15) is 10.8 Å². The molecule has 0 spiro atoms. The van der Waals surface area contributed by atoms with Crippen molar-refractivity contribution in [2.45, 2.75) is 70.6 Å². The fourth-order valence-electron chi connectivity index (χ4n) is 4.32. The second kappa shape index (κ2) is 11.9. The zero-order chi connectivity index (χ0) is 23.0. The normalized spacial score (nSPS) is 12.7. The monoisotopic (exact) mass is 481 g/mol. The molecule has 3 aromatic rings. The molecule has 0 amide bonds. The van der Waals surface area contributed by atoms with Gasteiger partial charge in [0.15, 0.2) is 5.06 Å². The van der Waals surface area contributed by atoms with E-state index in [0.29, 0.717) is 6.61 Å². The fraction of sp³-hybridized carbons (Fsp3) is 0.464. The molecule has 0 bridgehead atoms. The van der Waals surface area contributed by atoms with Gasteiger partial charge in [-0.25, -0.2) is 4.98 Å². The van der Waals surface area contributed by atoms with Crippen molar-refractivity contribution in [3.63, 3.8) is 0 Å². The van der Waals surface area contributed by atoms with Crippen molar-refractivity contribution < 1.29 is 9.47 Å². The zero-order valence-electron chi connectivity index (χ0n) is 20.1. The number of hydrogen-bond acceptors (Lipinski definition) is 5. The van der Waals surface area contributed by atoms with Crippen LogP contribution in [-0.4, -0.2) is 24.0 Å². The molecule has 33 heavy (non-hydrogen) atoms. The molecule has 3 nitrogen and oxygen atoms in total. The van der Waals surface area contributed by atoms with Crippen molar-refractivity contribution in [3.8, 4) is 21.4 Å². The van der Waals surface area contributed by atoms with Gasteiger partial charge in [-0.15, -0.1) is 11.8 Å². The molecule has 0 aliphatic heterocycles. The summed E-state index contributed by atoms with van der Waals surface area (Å²) in [6, 6.07) is 13.5. The third-order valence-electron chi connectivity index (χ3n) is 5.98. The Hall–Kier alpha value is -1.98. The van der Waals surface area contributed by atoms with Crippen LogP contribution in [0.25, 0.3) is 10.6 Å². The number of aryl methyl sites for hydroxylation is 4. The molecule has 0 saturated carbocycles. The van der Waals surface area contributed by atoms with Gasteiger partial charge in [0.05, 0.1) is 18.9 Å². The lowest BCUT2D eigenvalue weighted by Crippen LogP contribution is -2.02. The molecule has 0 radical (unpaired) electrons. The highest BCUT2D eigenvalue weighted by Crippen LogP contribution is 2.36. The maximum atomic E-state index is 6.23. The van der Waals surface area contributed by atoms with E-state index in [-0.39, 0.29) is 0 Å². The second-order valence-electron chi connectivity index (χ2n) is 8.45. The molecule has 0 atom stereocenters. The van der Waals surface area contributed by atoms with Gasteiger partial charge in [0, 0.05) is 16.2 Å². The SMILES string of the molecule is CCCc1cc(-c2nc(CC)c(OCC)s2)ccc1OCCCSc1ccc2c(c1)CCC2. The van der Waals surface area contributed by atoms with Crippen molar-refractivity contribution in [1.82, 2.24) is 4.98 Å². The summed E-state index contributed by atoms with van der Waals surface area (Å²) in [6.07, 6.45) is 7.84. The molecule has 0 fully saturated rings. The number of benzene rings is 2. The maximum absolute atomic E-state index is 6.23. The Balaban J connectivity index is 1.34. The average Bonchev–Trinajstić information content (AvgIpc) is 3.46. The lowest BCUT2D eigenvalue weighted by atomic mass is 10.1. The van der Waals surface area contributed by atoms with Crippen LogP contribution in [0.15, 0.2) is 41.3 Å². The first-order chi connectivity index (χ1) is 16.2. The van der Waals surface area contributed by atoms with Crippen LogP contribution in [0.5, 0.6) is 10.8 Å². The third kappa shape index (κ3) is 6.13. The van der Waals surface area contributed by atoms with Gasteiger partial charge in [-0.3, -0.25) is 0 Å². The van der Waals surface area contributed by atoms with Crippen LogP contribution in [0.4, 0.5) is 0 Å². The number of thiazole rings is 1. The topological polar surface area (TPSA) is 31.4 Å². The zero-order valence-corrected chi connectivity index (χ0v) is 21.7. The predicted octanol–water partition coefficient (Wildman–Crippen LogP) is 7.77. The number of fused-ring (bicyclic) bond motifs is 1. The van der Waals surface area contributed by atoms with E-state index in [9.17, 15) is 0 Å². The van der Waals surface area contributed by atoms with Gasteiger partial charge >= 0.3 is 0 Å². The van der Waals surface area contributed by atoms with Crippen LogP contribution >= 0.6 is 23.1 Å². The predicted molar refractivity (Wildman–Crippen MR) is 141 cm³/mol. The van der Waals surface area contributed by atoms with Gasteiger partial charge in [0.2, 0.25) is 0 Å². The van der Waals surface area contributed by atoms with E-state index in [1.54, 1.807) is 22.5 Å². The van der Waals surface area contributed by atoms with E-state index in [0.717, 1.165) is 65.1 Å². The van der Waals surface area contributed by atoms with E-state index < -0.39 is 0 Å². The van der Waals surface area contributed by atoms with E-state index in [4.69, 9.17) is 14.5 Å². The van der Waals surface area contributed by atoms with Gasteiger partial charge < -0.3 is 9.47 Å². The summed E-state index contributed by atoms with van der Waals surface area (Å²) < 4.78 is 12.0. The minimum Gasteiger partial charge on any atom is -0.493 e. The molecule has 0 saturated heterocycles. The Morgan fingerprint density at radius 2 is 1.88 bits per heavy atom. The Morgan fingerprint density at radius 3 is 2.70 bits per heavy atom. The molecule has 176 valence electrons. The largest absolute Gasteiger partial charge is 0.493 e. The molecule has 1 aliphatic carbocycles. The van der Waals surface area contributed by atoms with E-state index >= 15 is 0 Å². The van der Waals surface area contributed by atoms with Crippen molar-refractivity contribution in [1.29, 1.82) is 0 Å². The van der Waals surface area contributed by atoms with Crippen LogP contribution in [-0.2, 0) is 25.7 Å². The number of rotatable bonds is 12. The number of aromatic nitrogens is 1. The Bertz CT molecular complexity index is 1060. The Morgan fingerprint density at radius 1 is 1.00 bits per heavy atom. The summed E-state index contributed by atoms with van der Waals surface area (Å²) in [6.45, 7) is 7.79. The van der Waals surface area contributed by atoms with Crippen LogP contribution in [0.1, 0.15) is 62.4 Å². The van der Waals surface area contributed by atoms with E-state index in [1.165, 1.54) is 29.7 Å². The lowest BCUT2D eigenvalue weighted by Gasteiger charge is -2.12. The molecule has 5 heteroatoms. The molecule has 1 heterocycles. The highest BCUT2D eigenvalue weighted by molar-refractivity contribution is 7.99. The first kappa shape index (κ1) is 24.2. The molecule has 0 N–H and O–H groups in total. The minimum absolute atomic E-state index is 0.674. The van der Waals surface area contributed by atoms with E-state index in [1.807, 2.05) is 18.7 Å². The van der Waals surface area contributed by atoms with Gasteiger partial charge in [-0.2, -0.15) is 0 Å². The van der Waals surface area contributed by atoms with Crippen LogP contribution in [0, 0.1) is 0 Å². The fourth-order valence-corrected chi connectivity index (χ4v) is 6.26. The number of hydrogen-bond donors (Lipinski definition) is 0. The summed E-state index contributed by atoms with van der Waals surface area (Å²) in [4.78, 5) is 6.23. The molecule has 1 aliphatic rings. The van der Waals surface area contributed by atoms with Crippen molar-refractivity contribution in [3.05, 3.63) is 58.8 Å². The maximum Gasteiger partial charge on any atom is 0.197 e. The molecule has 0 unspecified atom stereocenters. The number of thioether (sulfide) groups is 1. The van der Waals surface area contributed by atoms with Crippen molar-refractivity contribution in [2.75, 3.05) is 19.0 Å². The average molecular weight is 482 g/mol. The van der Waals surface area contributed by atoms with E-state index in [2.05, 4.69) is 50.2 Å². The highest BCUT2D eigenvalue weighted by Gasteiger charge is 2.15. The van der Waals surface area contributed by atoms with Crippen molar-refractivity contribution in [2.24, 2.45) is 0 Å². The smallest absolute Gasteiger partial charge is 0.197 e. The molecular formula is C28H35NO2S2. The third-order valence-corrected chi connectivity index (χ3v) is 8.12. The summed E-state index contributed by atoms with van der Waals surface area (Å²) >= 11 is 3.59. The minimum atomic E-state index is 0.674. The van der Waals surface area contributed by atoms with Crippen LogP contribution in [0.3, 0.4) is 0 Å². The second-order valence-corrected chi connectivity index (χ2v) is 10.6. The van der Waals surface area contributed by atoms with Crippen LogP contribution in [0.2, 0.25) is 0 Å². The van der Waals surface area contributed by atoms with Crippen molar-refractivity contribution >= 4 is 23.1 Å². The number of ether oxygens (including phenoxy) is 2.